The lowest BCUT2D eigenvalue weighted by molar-refractivity contribution is -0.384. The zero-order valence-electron chi connectivity index (χ0n) is 15.1. The molecule has 0 aliphatic rings. The second-order valence-corrected chi connectivity index (χ2v) is 7.62. The van der Waals surface area contributed by atoms with Gasteiger partial charge in [-0.15, -0.1) is 0 Å². The topological polar surface area (TPSA) is 114 Å². The second kappa shape index (κ2) is 9.51. The number of nitro groups is 1. The van der Waals surface area contributed by atoms with Crippen LogP contribution < -0.4 is 10.6 Å². The minimum atomic E-state index is -0.608. The van der Waals surface area contributed by atoms with Crippen LogP contribution >= 0.6 is 31.9 Å². The highest BCUT2D eigenvalue weighted by Crippen LogP contribution is 2.18. The average Bonchev–Trinajstić information content (AvgIpc) is 3.16. The summed E-state index contributed by atoms with van der Waals surface area (Å²) in [6, 6.07) is 15.5. The summed E-state index contributed by atoms with van der Waals surface area (Å²) in [5.74, 6) is -1.19. The third kappa shape index (κ3) is 5.65. The highest BCUT2D eigenvalue weighted by molar-refractivity contribution is 9.10. The molecule has 3 rings (SSSR count). The molecular weight excluding hydrogens is 522 g/mol. The maximum absolute atomic E-state index is 12.8. The molecular formula is C20H13Br2N3O5. The smallest absolute Gasteiger partial charge is 0.291 e. The number of benzene rings is 2. The number of furan rings is 1. The van der Waals surface area contributed by atoms with Crippen LogP contribution in [0.2, 0.25) is 0 Å². The molecule has 1 heterocycles. The van der Waals surface area contributed by atoms with Gasteiger partial charge in [0.2, 0.25) is 0 Å². The second-order valence-electron chi connectivity index (χ2n) is 5.93. The first-order chi connectivity index (χ1) is 14.3. The van der Waals surface area contributed by atoms with Crippen molar-refractivity contribution in [3.05, 3.63) is 96.9 Å². The van der Waals surface area contributed by atoms with Gasteiger partial charge in [-0.1, -0.05) is 28.1 Å². The van der Waals surface area contributed by atoms with Crippen molar-refractivity contribution >= 4 is 61.1 Å². The van der Waals surface area contributed by atoms with Gasteiger partial charge in [0.1, 0.15) is 5.70 Å². The predicted molar refractivity (Wildman–Crippen MR) is 118 cm³/mol. The number of hydrogen-bond donors (Lipinski definition) is 2. The molecule has 0 fully saturated rings. The minimum Gasteiger partial charge on any atom is -0.444 e. The number of anilines is 1. The largest absolute Gasteiger partial charge is 0.444 e. The van der Waals surface area contributed by atoms with E-state index in [1.54, 1.807) is 30.3 Å². The molecule has 2 N–H and O–H groups in total. The first kappa shape index (κ1) is 21.5. The number of hydrogen-bond acceptors (Lipinski definition) is 5. The number of non-ortho nitro benzene ring substituents is 1. The van der Waals surface area contributed by atoms with Gasteiger partial charge in [0.25, 0.3) is 17.5 Å². The Morgan fingerprint density at radius 3 is 2.20 bits per heavy atom. The molecule has 2 amide bonds. The van der Waals surface area contributed by atoms with Crippen molar-refractivity contribution in [2.24, 2.45) is 0 Å². The summed E-state index contributed by atoms with van der Waals surface area (Å²) in [5.41, 5.74) is 0.874. The summed E-state index contributed by atoms with van der Waals surface area (Å²) in [7, 11) is 0. The molecule has 10 heteroatoms. The first-order valence-electron chi connectivity index (χ1n) is 8.41. The van der Waals surface area contributed by atoms with Crippen molar-refractivity contribution in [1.29, 1.82) is 0 Å². The third-order valence-corrected chi connectivity index (χ3v) is 4.76. The van der Waals surface area contributed by atoms with Crippen LogP contribution in [-0.4, -0.2) is 16.7 Å². The van der Waals surface area contributed by atoms with Crippen LogP contribution in [0, 0.1) is 10.1 Å². The Bertz CT molecular complexity index is 1120. The molecule has 3 aromatic rings. The van der Waals surface area contributed by atoms with E-state index in [-0.39, 0.29) is 17.1 Å². The summed E-state index contributed by atoms with van der Waals surface area (Å²) in [6.45, 7) is 0. The molecule has 0 unspecified atom stereocenters. The quantitative estimate of drug-likeness (QED) is 0.259. The lowest BCUT2D eigenvalue weighted by atomic mass is 10.2. The highest BCUT2D eigenvalue weighted by atomic mass is 79.9. The molecule has 0 atom stereocenters. The maximum Gasteiger partial charge on any atom is 0.291 e. The average molecular weight is 535 g/mol. The summed E-state index contributed by atoms with van der Waals surface area (Å²) < 4.78 is 6.46. The van der Waals surface area contributed by atoms with Crippen molar-refractivity contribution in [3.8, 4) is 0 Å². The number of carbonyl (C=O) groups excluding carboxylic acids is 2. The molecule has 2 aromatic carbocycles. The van der Waals surface area contributed by atoms with Gasteiger partial charge in [0, 0.05) is 22.3 Å². The molecule has 30 heavy (non-hydrogen) atoms. The van der Waals surface area contributed by atoms with E-state index in [9.17, 15) is 19.7 Å². The Labute approximate surface area is 187 Å². The van der Waals surface area contributed by atoms with E-state index in [0.717, 1.165) is 4.47 Å². The van der Waals surface area contributed by atoms with E-state index >= 15 is 0 Å². The Morgan fingerprint density at radius 2 is 1.63 bits per heavy atom. The molecule has 0 aliphatic heterocycles. The van der Waals surface area contributed by atoms with Gasteiger partial charge < -0.3 is 15.1 Å². The zero-order chi connectivity index (χ0) is 21.7. The van der Waals surface area contributed by atoms with E-state index in [0.29, 0.717) is 15.9 Å². The fraction of sp³-hybridized carbons (Fsp3) is 0. The van der Waals surface area contributed by atoms with E-state index < -0.39 is 16.7 Å². The van der Waals surface area contributed by atoms with Gasteiger partial charge in [0.05, 0.1) is 4.92 Å². The lowest BCUT2D eigenvalue weighted by Crippen LogP contribution is -2.30. The molecule has 8 nitrogen and oxygen atoms in total. The molecule has 0 aliphatic carbocycles. The predicted octanol–water partition coefficient (Wildman–Crippen LogP) is 5.12. The summed E-state index contributed by atoms with van der Waals surface area (Å²) in [5, 5.41) is 15.9. The van der Waals surface area contributed by atoms with E-state index in [2.05, 4.69) is 42.5 Å². The number of nitro benzene ring substituents is 1. The molecule has 1 aromatic heterocycles. The molecule has 0 spiro atoms. The first-order valence-corrected chi connectivity index (χ1v) is 10.00. The van der Waals surface area contributed by atoms with E-state index in [1.165, 1.54) is 36.4 Å². The van der Waals surface area contributed by atoms with Crippen LogP contribution in [0.1, 0.15) is 16.1 Å². The summed E-state index contributed by atoms with van der Waals surface area (Å²) in [6.07, 6.45) is 1.50. The minimum absolute atomic E-state index is 0.0201. The van der Waals surface area contributed by atoms with Crippen LogP contribution in [0.15, 0.2) is 79.9 Å². The molecule has 0 radical (unpaired) electrons. The Balaban J connectivity index is 1.85. The van der Waals surface area contributed by atoms with Gasteiger partial charge in [-0.05, 0) is 64.0 Å². The SMILES string of the molecule is O=C(Nc1ccc([N+](=O)[O-])cc1)/C(=C\c1ccc(Br)cc1)NC(=O)c1ccc(Br)o1. The molecule has 152 valence electrons. The van der Waals surface area contributed by atoms with Crippen molar-refractivity contribution in [1.82, 2.24) is 5.32 Å². The van der Waals surface area contributed by atoms with Crippen LogP contribution in [0.25, 0.3) is 6.08 Å². The number of nitrogens with zero attached hydrogens (tertiary/aromatic N) is 1. The molecule has 0 saturated carbocycles. The van der Waals surface area contributed by atoms with Gasteiger partial charge in [-0.2, -0.15) is 0 Å². The summed E-state index contributed by atoms with van der Waals surface area (Å²) in [4.78, 5) is 35.5. The Hall–Kier alpha value is -3.24. The number of halogens is 2. The standard InChI is InChI=1S/C20H13Br2N3O5/c21-13-3-1-12(2-4-13)11-16(24-20(27)17-9-10-18(22)30-17)19(26)23-14-5-7-15(8-6-14)25(28)29/h1-11H,(H,23,26)(H,24,27)/b16-11+. The Morgan fingerprint density at radius 1 is 0.967 bits per heavy atom. The van der Waals surface area contributed by atoms with Crippen molar-refractivity contribution in [2.45, 2.75) is 0 Å². The van der Waals surface area contributed by atoms with E-state index in [4.69, 9.17) is 4.42 Å². The van der Waals surface area contributed by atoms with Gasteiger partial charge in [0.15, 0.2) is 10.4 Å². The number of nitrogens with one attached hydrogen (secondary N) is 2. The van der Waals surface area contributed by atoms with Crippen LogP contribution in [0.5, 0.6) is 0 Å². The highest BCUT2D eigenvalue weighted by Gasteiger charge is 2.18. The fourth-order valence-corrected chi connectivity index (χ4v) is 2.94. The number of rotatable bonds is 6. The lowest BCUT2D eigenvalue weighted by Gasteiger charge is -2.10. The monoisotopic (exact) mass is 533 g/mol. The number of amides is 2. The summed E-state index contributed by atoms with van der Waals surface area (Å²) >= 11 is 6.46. The van der Waals surface area contributed by atoms with Gasteiger partial charge in [-0.3, -0.25) is 19.7 Å². The van der Waals surface area contributed by atoms with Crippen LogP contribution in [-0.2, 0) is 4.79 Å². The van der Waals surface area contributed by atoms with Crippen molar-refractivity contribution in [2.75, 3.05) is 5.32 Å². The van der Waals surface area contributed by atoms with Crippen LogP contribution in [0.3, 0.4) is 0 Å². The van der Waals surface area contributed by atoms with Crippen molar-refractivity contribution < 1.29 is 18.9 Å². The van der Waals surface area contributed by atoms with E-state index in [1.807, 2.05) is 0 Å². The Kier molecular flexibility index (Phi) is 6.80. The third-order valence-electron chi connectivity index (χ3n) is 3.81. The van der Waals surface area contributed by atoms with Crippen molar-refractivity contribution in [3.63, 3.8) is 0 Å². The van der Waals surface area contributed by atoms with Gasteiger partial charge in [-0.25, -0.2) is 0 Å². The fourth-order valence-electron chi connectivity index (χ4n) is 2.37. The maximum atomic E-state index is 12.8. The number of carbonyl (C=O) groups is 2. The van der Waals surface area contributed by atoms with Gasteiger partial charge >= 0.3 is 0 Å². The molecule has 0 bridgehead atoms. The normalized spacial score (nSPS) is 11.1. The molecule has 0 saturated heterocycles. The zero-order valence-corrected chi connectivity index (χ0v) is 18.3. The van der Waals surface area contributed by atoms with Crippen LogP contribution in [0.4, 0.5) is 11.4 Å².